The molecule has 6 heteroatoms. The molecule has 0 heterocycles. The van der Waals surface area contributed by atoms with Gasteiger partial charge in [0.25, 0.3) is 0 Å². The number of carbonyl (C=O) groups is 2. The molecule has 0 N–H and O–H groups in total. The summed E-state index contributed by atoms with van der Waals surface area (Å²) < 4.78 is 20.6. The average Bonchev–Trinajstić information content (AvgIpc) is 2.71. The Morgan fingerprint density at radius 2 is 1.48 bits per heavy atom. The molecule has 1 rings (SSSR count). The van der Waals surface area contributed by atoms with Crippen LogP contribution in [0.1, 0.15) is 45.4 Å². The van der Waals surface area contributed by atoms with Crippen molar-refractivity contribution in [3.63, 3.8) is 0 Å². The third kappa shape index (κ3) is 10.8. The maximum absolute atomic E-state index is 11.8. The average molecular weight is 402 g/mol. The van der Waals surface area contributed by atoms with Crippen LogP contribution in [-0.2, 0) is 19.1 Å². The Morgan fingerprint density at radius 3 is 2.03 bits per heavy atom. The monoisotopic (exact) mass is 402 g/mol. The highest BCUT2D eigenvalue weighted by molar-refractivity contribution is 5.72. The summed E-state index contributed by atoms with van der Waals surface area (Å²) in [6, 6.07) is 6.87. The van der Waals surface area contributed by atoms with Gasteiger partial charge in [-0.1, -0.05) is 19.4 Å². The van der Waals surface area contributed by atoms with Gasteiger partial charge in [0.15, 0.2) is 0 Å². The third-order valence-electron chi connectivity index (χ3n) is 4.00. The summed E-state index contributed by atoms with van der Waals surface area (Å²) >= 11 is 0. The minimum absolute atomic E-state index is 0.265. The molecule has 0 aliphatic heterocycles. The molecule has 0 amide bonds. The van der Waals surface area contributed by atoms with Crippen molar-refractivity contribution in [3.05, 3.63) is 60.6 Å². The summed E-state index contributed by atoms with van der Waals surface area (Å²) in [6.07, 6.45) is 8.71. The summed E-state index contributed by atoms with van der Waals surface area (Å²) in [6.45, 7) is 5.32. The molecule has 0 spiro atoms. The van der Waals surface area contributed by atoms with Gasteiger partial charge in [-0.05, 0) is 62.3 Å². The first-order valence-electron chi connectivity index (χ1n) is 9.59. The lowest BCUT2D eigenvalue weighted by Crippen LogP contribution is -2.07. The zero-order valence-corrected chi connectivity index (χ0v) is 17.4. The second-order valence-electron chi connectivity index (χ2n) is 6.29. The number of esters is 2. The van der Waals surface area contributed by atoms with Crippen LogP contribution in [0.2, 0.25) is 0 Å². The Balaban J connectivity index is 2.15. The lowest BCUT2D eigenvalue weighted by atomic mass is 10.1. The fraction of sp³-hybridized carbons (Fsp3) is 0.391. The van der Waals surface area contributed by atoms with E-state index in [0.29, 0.717) is 42.3 Å². The summed E-state index contributed by atoms with van der Waals surface area (Å²) in [5.41, 5.74) is 0. The first-order valence-corrected chi connectivity index (χ1v) is 9.59. The molecule has 0 saturated carbocycles. The number of ether oxygens (including phenoxy) is 4. The molecule has 1 aromatic rings. The van der Waals surface area contributed by atoms with Gasteiger partial charge >= 0.3 is 11.9 Å². The molecule has 0 bridgehead atoms. The van der Waals surface area contributed by atoms with Gasteiger partial charge in [-0.3, -0.25) is 9.59 Å². The number of hydrogen-bond donors (Lipinski definition) is 0. The van der Waals surface area contributed by atoms with Gasteiger partial charge in [0.2, 0.25) is 0 Å². The van der Waals surface area contributed by atoms with E-state index in [1.54, 1.807) is 63.6 Å². The number of benzene rings is 1. The van der Waals surface area contributed by atoms with E-state index in [1.165, 1.54) is 0 Å². The van der Waals surface area contributed by atoms with Crippen LogP contribution >= 0.6 is 0 Å². The van der Waals surface area contributed by atoms with Crippen molar-refractivity contribution >= 4 is 11.9 Å². The van der Waals surface area contributed by atoms with Crippen molar-refractivity contribution in [2.45, 2.75) is 45.4 Å². The maximum atomic E-state index is 11.8. The Labute approximate surface area is 172 Å². The number of allylic oxidation sites excluding steroid dienone is 4. The fourth-order valence-corrected chi connectivity index (χ4v) is 2.40. The Morgan fingerprint density at radius 1 is 0.897 bits per heavy atom. The van der Waals surface area contributed by atoms with Crippen LogP contribution in [0.15, 0.2) is 60.6 Å². The first-order chi connectivity index (χ1) is 14.0. The molecular weight excluding hydrogens is 372 g/mol. The number of methoxy groups -OCH3 is 2. The van der Waals surface area contributed by atoms with E-state index in [0.717, 1.165) is 19.3 Å². The van der Waals surface area contributed by atoms with Gasteiger partial charge in [-0.2, -0.15) is 0 Å². The highest BCUT2D eigenvalue weighted by Gasteiger charge is 2.07. The van der Waals surface area contributed by atoms with Gasteiger partial charge in [-0.15, -0.1) is 0 Å². The van der Waals surface area contributed by atoms with Crippen LogP contribution in [0.5, 0.6) is 11.5 Å². The first kappa shape index (κ1) is 24.0. The second-order valence-corrected chi connectivity index (χ2v) is 6.29. The summed E-state index contributed by atoms with van der Waals surface area (Å²) in [7, 11) is 3.12. The zero-order valence-electron chi connectivity index (χ0n) is 17.4. The molecule has 0 aliphatic rings. The predicted molar refractivity (Wildman–Crippen MR) is 111 cm³/mol. The standard InChI is InChI=1S/C23H30O6/c1-5-19(26-3)13-12-18(2)28-22(24)10-8-6-7-9-11-23(25)29-21-16-14-20(27-4)15-17-21/h5,12-17H,1,6-11H2,2-4H3/b18-12+,19-13+. The molecular formula is C23H30O6. The van der Waals surface area contributed by atoms with Crippen molar-refractivity contribution in [3.8, 4) is 11.5 Å². The third-order valence-corrected chi connectivity index (χ3v) is 4.00. The number of hydrogen-bond acceptors (Lipinski definition) is 6. The number of carbonyl (C=O) groups excluding carboxylic acids is 2. The normalized spacial score (nSPS) is 11.6. The minimum Gasteiger partial charge on any atom is -0.497 e. The quantitative estimate of drug-likeness (QED) is 0.150. The van der Waals surface area contributed by atoms with E-state index in [9.17, 15) is 9.59 Å². The SMILES string of the molecule is C=C/C(=C\C=C(/C)OC(=O)CCCCCCC(=O)Oc1ccc(OC)cc1)OC. The fourth-order valence-electron chi connectivity index (χ4n) is 2.40. The topological polar surface area (TPSA) is 71.1 Å². The Kier molecular flexibility index (Phi) is 11.6. The van der Waals surface area contributed by atoms with Crippen molar-refractivity contribution in [1.82, 2.24) is 0 Å². The van der Waals surface area contributed by atoms with Gasteiger partial charge in [0, 0.05) is 12.8 Å². The highest BCUT2D eigenvalue weighted by Crippen LogP contribution is 2.18. The number of rotatable bonds is 13. The highest BCUT2D eigenvalue weighted by atomic mass is 16.5. The van der Waals surface area contributed by atoms with Crippen LogP contribution in [-0.4, -0.2) is 26.2 Å². The molecule has 29 heavy (non-hydrogen) atoms. The van der Waals surface area contributed by atoms with Crippen molar-refractivity contribution in [1.29, 1.82) is 0 Å². The molecule has 0 unspecified atom stereocenters. The molecule has 158 valence electrons. The molecule has 0 saturated heterocycles. The van der Waals surface area contributed by atoms with Gasteiger partial charge in [-0.25, -0.2) is 0 Å². The van der Waals surface area contributed by atoms with Crippen LogP contribution < -0.4 is 9.47 Å². The van der Waals surface area contributed by atoms with Crippen LogP contribution in [0.4, 0.5) is 0 Å². The second kappa shape index (κ2) is 14.0. The van der Waals surface area contributed by atoms with Crippen LogP contribution in [0.3, 0.4) is 0 Å². The van der Waals surface area contributed by atoms with Crippen LogP contribution in [0.25, 0.3) is 0 Å². The molecule has 0 atom stereocenters. The van der Waals surface area contributed by atoms with Gasteiger partial charge in [0.05, 0.1) is 14.2 Å². The lowest BCUT2D eigenvalue weighted by molar-refractivity contribution is -0.139. The van der Waals surface area contributed by atoms with Crippen molar-refractivity contribution in [2.75, 3.05) is 14.2 Å². The van der Waals surface area contributed by atoms with E-state index < -0.39 is 0 Å². The Bertz CT molecular complexity index is 715. The Hall–Kier alpha value is -3.02. The van der Waals surface area contributed by atoms with E-state index in [4.69, 9.17) is 18.9 Å². The van der Waals surface area contributed by atoms with Crippen molar-refractivity contribution in [2.24, 2.45) is 0 Å². The van der Waals surface area contributed by atoms with Crippen LogP contribution in [0, 0.1) is 0 Å². The van der Waals surface area contributed by atoms with E-state index >= 15 is 0 Å². The van der Waals surface area contributed by atoms with Gasteiger partial charge < -0.3 is 18.9 Å². The lowest BCUT2D eigenvalue weighted by Gasteiger charge is -2.06. The summed E-state index contributed by atoms with van der Waals surface area (Å²) in [5.74, 6) is 1.75. The zero-order chi connectivity index (χ0) is 21.5. The molecule has 0 aliphatic carbocycles. The van der Waals surface area contributed by atoms with E-state index in [1.807, 2.05) is 0 Å². The summed E-state index contributed by atoms with van der Waals surface area (Å²) in [5, 5.41) is 0. The smallest absolute Gasteiger partial charge is 0.311 e. The number of unbranched alkanes of at least 4 members (excludes halogenated alkanes) is 3. The summed E-state index contributed by atoms with van der Waals surface area (Å²) in [4.78, 5) is 23.6. The molecule has 0 aromatic heterocycles. The molecule has 0 radical (unpaired) electrons. The largest absolute Gasteiger partial charge is 0.497 e. The van der Waals surface area contributed by atoms with E-state index in [-0.39, 0.29) is 11.9 Å². The molecule has 6 nitrogen and oxygen atoms in total. The molecule has 0 fully saturated rings. The minimum atomic E-state index is -0.274. The molecule has 1 aromatic carbocycles. The predicted octanol–water partition coefficient (Wildman–Crippen LogP) is 5.10. The maximum Gasteiger partial charge on any atom is 0.311 e. The van der Waals surface area contributed by atoms with Gasteiger partial charge in [0.1, 0.15) is 23.0 Å². The van der Waals surface area contributed by atoms with Crippen molar-refractivity contribution < 1.29 is 28.5 Å². The van der Waals surface area contributed by atoms with E-state index in [2.05, 4.69) is 6.58 Å².